The zero-order valence-corrected chi connectivity index (χ0v) is 24.5. The summed E-state index contributed by atoms with van der Waals surface area (Å²) in [4.78, 5) is 33.0. The number of piperazine rings is 1. The molecule has 1 saturated carbocycles. The monoisotopic (exact) mass is 567 g/mol. The van der Waals surface area contributed by atoms with E-state index >= 15 is 0 Å². The maximum absolute atomic E-state index is 14.1. The smallest absolute Gasteiger partial charge is 0.246 e. The molecule has 4 N–H and O–H groups in total. The highest BCUT2D eigenvalue weighted by Crippen LogP contribution is 2.38. The van der Waals surface area contributed by atoms with Gasteiger partial charge in [-0.3, -0.25) is 25.1 Å². The van der Waals surface area contributed by atoms with Gasteiger partial charge in [0.05, 0.1) is 24.9 Å². The summed E-state index contributed by atoms with van der Waals surface area (Å²) in [5.74, 6) is 0.119. The first kappa shape index (κ1) is 30.1. The van der Waals surface area contributed by atoms with Gasteiger partial charge in [0, 0.05) is 44.1 Å². The number of hydrogen-bond acceptors (Lipinski definition) is 9. The molecular formula is C31H47N6O4-. The number of carbonyl (C=O) groups is 2. The number of nitrogens with zero attached hydrogens (tertiary/aromatic N) is 3. The van der Waals surface area contributed by atoms with E-state index in [9.17, 15) is 14.7 Å². The van der Waals surface area contributed by atoms with Crippen molar-refractivity contribution in [1.82, 2.24) is 25.3 Å². The minimum Gasteiger partial charge on any atom is -0.872 e. The molecule has 5 rings (SSSR count). The zero-order chi connectivity index (χ0) is 29.1. The molecule has 7 unspecified atom stereocenters. The van der Waals surface area contributed by atoms with Gasteiger partial charge in [-0.15, -0.1) is 5.75 Å². The van der Waals surface area contributed by atoms with Crippen molar-refractivity contribution in [3.05, 3.63) is 42.5 Å². The molecule has 10 heteroatoms. The second-order valence-electron chi connectivity index (χ2n) is 12.4. The van der Waals surface area contributed by atoms with E-state index in [2.05, 4.69) is 41.0 Å². The van der Waals surface area contributed by atoms with Gasteiger partial charge in [-0.2, -0.15) is 0 Å². The zero-order valence-electron chi connectivity index (χ0n) is 24.5. The van der Waals surface area contributed by atoms with Gasteiger partial charge < -0.3 is 25.4 Å². The van der Waals surface area contributed by atoms with E-state index in [1.54, 1.807) is 12.1 Å². The number of ketones is 1. The molecule has 1 aromatic carbocycles. The standard InChI is InChI=1S/C31H48N6O4/c1-4-27(39)37-15-14-36(18-23(37)17-32)30-25-12-11-21(16-20(2)24-9-5-6-10-26(24)38)29(40)28(25)33-31(34-30)41-19-22-8-7-13-35(22)3/h4-6,9-10,20-23,25,28,30-31,33-34,38H,1,7-8,11-19,32H2,2-3H3/p-1/t20?,21-,22?,23?,25?,28?,30?,31?/m0/s1. The summed E-state index contributed by atoms with van der Waals surface area (Å²) in [5.41, 5.74) is 6.90. The third kappa shape index (κ3) is 6.53. The number of fused-ring (bicyclic) bond motifs is 1. The van der Waals surface area contributed by atoms with E-state index in [4.69, 9.17) is 10.5 Å². The number of carbonyl (C=O) groups excluding carboxylic acids is 2. The summed E-state index contributed by atoms with van der Waals surface area (Å²) in [5, 5.41) is 19.7. The normalized spacial score (nSPS) is 33.9. The number of likely N-dealkylation sites (tertiary alicyclic amines) is 1. The van der Waals surface area contributed by atoms with Crippen LogP contribution in [0.1, 0.15) is 50.5 Å². The van der Waals surface area contributed by atoms with Crippen LogP contribution >= 0.6 is 0 Å². The SMILES string of the molecule is C=CC(=O)N1CCN(C2NC(OCC3CCCN3C)NC3C(=O)[C@H](CC(C)c4ccccc4[O-])CCC32)CC1CN. The Kier molecular flexibility index (Phi) is 9.78. The van der Waals surface area contributed by atoms with Crippen LogP contribution in [0.2, 0.25) is 0 Å². The van der Waals surface area contributed by atoms with Crippen LogP contribution in [0.5, 0.6) is 5.75 Å². The fourth-order valence-electron chi connectivity index (χ4n) is 7.49. The maximum Gasteiger partial charge on any atom is 0.246 e. The molecule has 0 spiro atoms. The lowest BCUT2D eigenvalue weighted by Crippen LogP contribution is -2.74. The van der Waals surface area contributed by atoms with Gasteiger partial charge in [0.25, 0.3) is 0 Å². The average Bonchev–Trinajstić information content (AvgIpc) is 3.41. The summed E-state index contributed by atoms with van der Waals surface area (Å²) >= 11 is 0. The summed E-state index contributed by atoms with van der Waals surface area (Å²) in [6, 6.07) is 7.06. The highest BCUT2D eigenvalue weighted by Gasteiger charge is 2.49. The van der Waals surface area contributed by atoms with Crippen molar-refractivity contribution in [1.29, 1.82) is 0 Å². The number of benzene rings is 1. The number of likely N-dealkylation sites (N-methyl/N-ethyl adjacent to an activating group) is 1. The van der Waals surface area contributed by atoms with Crippen molar-refractivity contribution in [2.45, 2.75) is 75.6 Å². The van der Waals surface area contributed by atoms with Crippen LogP contribution in [0.15, 0.2) is 36.9 Å². The van der Waals surface area contributed by atoms with Crippen molar-refractivity contribution in [2.24, 2.45) is 17.6 Å². The molecule has 3 saturated heterocycles. The number of nitrogens with two attached hydrogens (primary N) is 1. The molecule has 0 radical (unpaired) electrons. The third-order valence-corrected chi connectivity index (χ3v) is 9.90. The van der Waals surface area contributed by atoms with Crippen molar-refractivity contribution >= 4 is 11.7 Å². The lowest BCUT2D eigenvalue weighted by Gasteiger charge is -2.53. The fraction of sp³-hybridized carbons (Fsp3) is 0.677. The Labute approximate surface area is 244 Å². The van der Waals surface area contributed by atoms with Gasteiger partial charge in [0.15, 0.2) is 12.1 Å². The van der Waals surface area contributed by atoms with Crippen LogP contribution in [-0.2, 0) is 14.3 Å². The Morgan fingerprint density at radius 2 is 2.00 bits per heavy atom. The van der Waals surface area contributed by atoms with Crippen molar-refractivity contribution in [3.8, 4) is 5.75 Å². The molecule has 0 bridgehead atoms. The van der Waals surface area contributed by atoms with Gasteiger partial charge in [-0.05, 0) is 57.7 Å². The maximum atomic E-state index is 14.1. The van der Waals surface area contributed by atoms with E-state index in [0.29, 0.717) is 45.2 Å². The minimum absolute atomic E-state index is 0.0115. The lowest BCUT2D eigenvalue weighted by molar-refractivity contribution is -0.269. The number of amides is 1. The van der Waals surface area contributed by atoms with Crippen molar-refractivity contribution in [2.75, 3.05) is 46.4 Å². The van der Waals surface area contributed by atoms with Crippen LogP contribution in [-0.4, -0.2) is 103 Å². The topological polar surface area (TPSA) is 126 Å². The Hall–Kier alpha value is -2.34. The van der Waals surface area contributed by atoms with Crippen molar-refractivity contribution in [3.63, 3.8) is 0 Å². The molecule has 226 valence electrons. The molecule has 8 atom stereocenters. The first-order chi connectivity index (χ1) is 19.8. The van der Waals surface area contributed by atoms with Gasteiger partial charge in [-0.1, -0.05) is 43.3 Å². The second-order valence-corrected chi connectivity index (χ2v) is 12.4. The van der Waals surface area contributed by atoms with E-state index in [-0.39, 0.29) is 53.4 Å². The predicted octanol–water partition coefficient (Wildman–Crippen LogP) is 0.789. The number of hydrogen-bond donors (Lipinski definition) is 3. The first-order valence-electron chi connectivity index (χ1n) is 15.3. The molecular weight excluding hydrogens is 520 g/mol. The molecule has 1 aliphatic carbocycles. The number of nitrogens with one attached hydrogen (secondary N) is 2. The van der Waals surface area contributed by atoms with Crippen LogP contribution < -0.4 is 21.5 Å². The molecule has 3 aliphatic heterocycles. The van der Waals surface area contributed by atoms with Gasteiger partial charge in [0.1, 0.15) is 0 Å². The third-order valence-electron chi connectivity index (χ3n) is 9.90. The summed E-state index contributed by atoms with van der Waals surface area (Å²) in [6.07, 6.45) is 5.44. The summed E-state index contributed by atoms with van der Waals surface area (Å²) < 4.78 is 6.40. The number of para-hydroxylation sites is 1. The molecule has 1 aromatic rings. The Morgan fingerprint density at radius 1 is 1.20 bits per heavy atom. The van der Waals surface area contributed by atoms with Gasteiger partial charge >= 0.3 is 0 Å². The quantitative estimate of drug-likeness (QED) is 0.371. The molecule has 1 amide bonds. The van der Waals surface area contributed by atoms with Crippen LogP contribution in [0.25, 0.3) is 0 Å². The van der Waals surface area contributed by atoms with E-state index in [1.807, 2.05) is 17.0 Å². The van der Waals surface area contributed by atoms with E-state index in [1.165, 1.54) is 12.5 Å². The number of ether oxygens (including phenoxy) is 1. The summed E-state index contributed by atoms with van der Waals surface area (Å²) in [7, 11) is 2.13. The molecule has 4 aliphatic rings. The number of Topliss-reactive ketones (excluding diaryl/α,β-unsaturated/α-hetero) is 1. The second kappa shape index (κ2) is 13.3. The Bertz CT molecular complexity index is 1090. The average molecular weight is 568 g/mol. The molecule has 41 heavy (non-hydrogen) atoms. The highest BCUT2D eigenvalue weighted by molar-refractivity contribution is 5.88. The van der Waals surface area contributed by atoms with Gasteiger partial charge in [0.2, 0.25) is 5.91 Å². The van der Waals surface area contributed by atoms with Crippen LogP contribution in [0.4, 0.5) is 0 Å². The molecule has 0 aromatic heterocycles. The molecule has 10 nitrogen and oxygen atoms in total. The van der Waals surface area contributed by atoms with E-state index < -0.39 is 6.35 Å². The van der Waals surface area contributed by atoms with Crippen LogP contribution in [0, 0.1) is 11.8 Å². The Morgan fingerprint density at radius 3 is 2.71 bits per heavy atom. The summed E-state index contributed by atoms with van der Waals surface area (Å²) in [6.45, 7) is 9.62. The molecule has 3 heterocycles. The fourth-order valence-corrected chi connectivity index (χ4v) is 7.49. The minimum atomic E-state index is -0.457. The number of rotatable bonds is 9. The highest BCUT2D eigenvalue weighted by atomic mass is 16.5. The van der Waals surface area contributed by atoms with Crippen molar-refractivity contribution < 1.29 is 19.4 Å². The predicted molar refractivity (Wildman–Crippen MR) is 156 cm³/mol. The lowest BCUT2D eigenvalue weighted by atomic mass is 9.71. The molecule has 4 fully saturated rings. The van der Waals surface area contributed by atoms with Gasteiger partial charge in [-0.25, -0.2) is 0 Å². The Balaban J connectivity index is 1.32. The van der Waals surface area contributed by atoms with E-state index in [0.717, 1.165) is 31.4 Å². The van der Waals surface area contributed by atoms with Crippen LogP contribution in [0.3, 0.4) is 0 Å². The largest absolute Gasteiger partial charge is 0.872 e. The first-order valence-corrected chi connectivity index (χ1v) is 15.3.